The van der Waals surface area contributed by atoms with E-state index >= 15 is 0 Å². The first kappa shape index (κ1) is 14.4. The van der Waals surface area contributed by atoms with Crippen LogP contribution in [0.2, 0.25) is 10.0 Å². The molecular weight excluding hydrogens is 327 g/mol. The van der Waals surface area contributed by atoms with Crippen LogP contribution in [0.3, 0.4) is 0 Å². The maximum absolute atomic E-state index is 6.21. The number of benzene rings is 2. The van der Waals surface area contributed by atoms with Crippen molar-refractivity contribution in [2.24, 2.45) is 5.84 Å². The van der Waals surface area contributed by atoms with Crippen molar-refractivity contribution in [1.82, 2.24) is 9.97 Å². The summed E-state index contributed by atoms with van der Waals surface area (Å²) in [5.74, 6) is 5.78. The Hall–Kier alpha value is -1.53. The Labute approximate surface area is 135 Å². The molecule has 1 heterocycles. The standard InChI is InChI=1S/C14H10Cl2N4S/c15-8-5-6-10(16)12(7-8)21-13-9-3-1-2-4-11(9)18-14(19-13)20-17/h1-7H,17H2,(H,18,19,20). The number of anilines is 1. The SMILES string of the molecule is NNc1nc(Sc2cc(Cl)ccc2Cl)c2ccccc2n1. The number of para-hydroxylation sites is 1. The Bertz CT molecular complexity index is 810. The molecular formula is C14H10Cl2N4S. The fourth-order valence-electron chi connectivity index (χ4n) is 1.85. The van der Waals surface area contributed by atoms with Crippen molar-refractivity contribution in [2.45, 2.75) is 9.92 Å². The first-order valence-corrected chi connectivity index (χ1v) is 7.61. The second-order valence-corrected chi connectivity index (χ2v) is 6.06. The number of halogens is 2. The highest BCUT2D eigenvalue weighted by molar-refractivity contribution is 7.99. The van der Waals surface area contributed by atoms with Crippen LogP contribution in [0.15, 0.2) is 52.4 Å². The maximum Gasteiger partial charge on any atom is 0.238 e. The van der Waals surface area contributed by atoms with Crippen molar-refractivity contribution in [3.63, 3.8) is 0 Å². The van der Waals surface area contributed by atoms with Gasteiger partial charge in [-0.1, -0.05) is 53.2 Å². The van der Waals surface area contributed by atoms with E-state index in [-0.39, 0.29) is 0 Å². The minimum Gasteiger partial charge on any atom is -0.292 e. The second kappa shape index (κ2) is 6.07. The zero-order valence-electron chi connectivity index (χ0n) is 10.7. The Balaban J connectivity index is 2.13. The van der Waals surface area contributed by atoms with Gasteiger partial charge in [-0.15, -0.1) is 0 Å². The Kier molecular flexibility index (Phi) is 4.17. The molecule has 0 unspecified atom stereocenters. The summed E-state index contributed by atoms with van der Waals surface area (Å²) in [7, 11) is 0. The summed E-state index contributed by atoms with van der Waals surface area (Å²) in [6, 6.07) is 13.0. The molecule has 0 aliphatic carbocycles. The van der Waals surface area contributed by atoms with Gasteiger partial charge in [0.05, 0.1) is 10.5 Å². The van der Waals surface area contributed by atoms with Crippen molar-refractivity contribution in [3.8, 4) is 0 Å². The van der Waals surface area contributed by atoms with Crippen LogP contribution >= 0.6 is 35.0 Å². The Morgan fingerprint density at radius 2 is 1.86 bits per heavy atom. The van der Waals surface area contributed by atoms with Gasteiger partial charge in [-0.2, -0.15) is 0 Å². The molecule has 0 saturated heterocycles. The van der Waals surface area contributed by atoms with Crippen molar-refractivity contribution >= 4 is 51.8 Å². The summed E-state index contributed by atoms with van der Waals surface area (Å²) in [5, 5.41) is 2.93. The molecule has 0 fully saturated rings. The quantitative estimate of drug-likeness (QED) is 0.422. The van der Waals surface area contributed by atoms with Crippen molar-refractivity contribution in [2.75, 3.05) is 5.43 Å². The summed E-state index contributed by atoms with van der Waals surface area (Å²) in [4.78, 5) is 9.55. The zero-order chi connectivity index (χ0) is 14.8. The lowest BCUT2D eigenvalue weighted by Gasteiger charge is -2.09. The second-order valence-electron chi connectivity index (χ2n) is 4.19. The van der Waals surface area contributed by atoms with Gasteiger partial charge in [0.25, 0.3) is 0 Å². The van der Waals surface area contributed by atoms with Crippen molar-refractivity contribution in [1.29, 1.82) is 0 Å². The van der Waals surface area contributed by atoms with Crippen LogP contribution in [0.25, 0.3) is 10.9 Å². The molecule has 0 aliphatic heterocycles. The molecule has 0 atom stereocenters. The van der Waals surface area contributed by atoms with Crippen molar-refractivity contribution in [3.05, 3.63) is 52.5 Å². The van der Waals surface area contributed by atoms with Crippen LogP contribution in [0.5, 0.6) is 0 Å². The minimum atomic E-state index is 0.356. The maximum atomic E-state index is 6.21. The normalized spacial score (nSPS) is 10.8. The van der Waals surface area contributed by atoms with Gasteiger partial charge in [-0.3, -0.25) is 5.43 Å². The molecule has 0 aliphatic rings. The summed E-state index contributed by atoms with van der Waals surface area (Å²) in [6.45, 7) is 0. The molecule has 21 heavy (non-hydrogen) atoms. The van der Waals surface area contributed by atoms with E-state index in [0.29, 0.717) is 16.0 Å². The summed E-state index contributed by atoms with van der Waals surface area (Å²) >= 11 is 13.7. The van der Waals surface area contributed by atoms with E-state index < -0.39 is 0 Å². The number of rotatable bonds is 3. The summed E-state index contributed by atoms with van der Waals surface area (Å²) in [6.07, 6.45) is 0. The number of fused-ring (bicyclic) bond motifs is 1. The highest BCUT2D eigenvalue weighted by Crippen LogP contribution is 2.37. The minimum absolute atomic E-state index is 0.356. The fraction of sp³-hybridized carbons (Fsp3) is 0. The number of nitrogens with one attached hydrogen (secondary N) is 1. The van der Waals surface area contributed by atoms with Crippen LogP contribution in [0.4, 0.5) is 5.95 Å². The molecule has 3 rings (SSSR count). The summed E-state index contributed by atoms with van der Waals surface area (Å²) < 4.78 is 0. The molecule has 3 N–H and O–H groups in total. The van der Waals surface area contributed by atoms with Gasteiger partial charge in [0.1, 0.15) is 5.03 Å². The van der Waals surface area contributed by atoms with Crippen LogP contribution < -0.4 is 11.3 Å². The lowest BCUT2D eigenvalue weighted by atomic mass is 10.2. The van der Waals surface area contributed by atoms with Gasteiger partial charge in [-0.25, -0.2) is 15.8 Å². The smallest absolute Gasteiger partial charge is 0.238 e. The van der Waals surface area contributed by atoms with Gasteiger partial charge >= 0.3 is 0 Å². The topological polar surface area (TPSA) is 63.8 Å². The Morgan fingerprint density at radius 3 is 2.67 bits per heavy atom. The fourth-order valence-corrected chi connectivity index (χ4v) is 3.29. The molecule has 0 radical (unpaired) electrons. The predicted octanol–water partition coefficient (Wildman–Crippen LogP) is 4.37. The third-order valence-corrected chi connectivity index (χ3v) is 4.54. The summed E-state index contributed by atoms with van der Waals surface area (Å²) in [5.41, 5.74) is 3.28. The monoisotopic (exact) mass is 336 g/mol. The predicted molar refractivity (Wildman–Crippen MR) is 87.9 cm³/mol. The van der Waals surface area contributed by atoms with Crippen LogP contribution in [0, 0.1) is 0 Å². The van der Waals surface area contributed by atoms with Crippen LogP contribution in [-0.4, -0.2) is 9.97 Å². The van der Waals surface area contributed by atoms with Gasteiger partial charge in [-0.05, 0) is 24.3 Å². The highest BCUT2D eigenvalue weighted by atomic mass is 35.5. The molecule has 0 saturated carbocycles. The number of hydrazine groups is 1. The number of nitrogens with zero attached hydrogens (tertiary/aromatic N) is 2. The third-order valence-electron chi connectivity index (χ3n) is 2.80. The molecule has 0 amide bonds. The molecule has 106 valence electrons. The lowest BCUT2D eigenvalue weighted by Crippen LogP contribution is -2.10. The van der Waals surface area contributed by atoms with Gasteiger partial charge < -0.3 is 0 Å². The molecule has 0 bridgehead atoms. The molecule has 2 aromatic carbocycles. The third kappa shape index (κ3) is 3.06. The van der Waals surface area contributed by atoms with E-state index in [4.69, 9.17) is 29.0 Å². The van der Waals surface area contributed by atoms with Gasteiger partial charge in [0.15, 0.2) is 0 Å². The van der Waals surface area contributed by atoms with E-state index in [0.717, 1.165) is 20.8 Å². The molecule has 3 aromatic rings. The first-order chi connectivity index (χ1) is 10.2. The van der Waals surface area contributed by atoms with E-state index in [2.05, 4.69) is 15.4 Å². The number of nitrogen functional groups attached to an aromatic ring is 1. The molecule has 7 heteroatoms. The largest absolute Gasteiger partial charge is 0.292 e. The van der Waals surface area contributed by atoms with E-state index in [1.807, 2.05) is 24.3 Å². The number of hydrogen-bond donors (Lipinski definition) is 2. The Morgan fingerprint density at radius 1 is 1.05 bits per heavy atom. The van der Waals surface area contributed by atoms with Gasteiger partial charge in [0.2, 0.25) is 5.95 Å². The lowest BCUT2D eigenvalue weighted by molar-refractivity contribution is 1.07. The average Bonchev–Trinajstić information content (AvgIpc) is 2.50. The van der Waals surface area contributed by atoms with Crippen molar-refractivity contribution < 1.29 is 0 Å². The number of aromatic nitrogens is 2. The highest BCUT2D eigenvalue weighted by Gasteiger charge is 2.11. The van der Waals surface area contributed by atoms with Crippen LogP contribution in [-0.2, 0) is 0 Å². The van der Waals surface area contributed by atoms with E-state index in [1.165, 1.54) is 11.8 Å². The zero-order valence-corrected chi connectivity index (χ0v) is 13.0. The van der Waals surface area contributed by atoms with E-state index in [1.54, 1.807) is 18.2 Å². The average molecular weight is 337 g/mol. The molecule has 4 nitrogen and oxygen atoms in total. The van der Waals surface area contributed by atoms with Gasteiger partial charge in [0, 0.05) is 15.3 Å². The molecule has 0 spiro atoms. The van der Waals surface area contributed by atoms with Crippen LogP contribution in [0.1, 0.15) is 0 Å². The first-order valence-electron chi connectivity index (χ1n) is 6.03. The molecule has 1 aromatic heterocycles. The number of hydrogen-bond acceptors (Lipinski definition) is 5. The number of nitrogens with two attached hydrogens (primary N) is 1. The van der Waals surface area contributed by atoms with E-state index in [9.17, 15) is 0 Å².